The molecule has 0 aromatic carbocycles. The minimum absolute atomic E-state index is 0.309. The zero-order chi connectivity index (χ0) is 8.15. The first-order valence-electron chi connectivity index (χ1n) is 2.76. The van der Waals surface area contributed by atoms with Crippen LogP contribution < -0.4 is 10.6 Å². The SMILES string of the molecule is C=C(C)C(=O)NC(=O)NC. The third-order valence-corrected chi connectivity index (χ3v) is 0.842. The molecular formula is C6H10N2O2. The van der Waals surface area contributed by atoms with E-state index < -0.39 is 11.9 Å². The van der Waals surface area contributed by atoms with Crippen molar-refractivity contribution in [1.29, 1.82) is 0 Å². The molecule has 0 saturated carbocycles. The molecule has 0 unspecified atom stereocenters. The average Bonchev–Trinajstić information content (AvgIpc) is 1.87. The Bertz CT molecular complexity index is 175. The molecule has 0 radical (unpaired) electrons. The monoisotopic (exact) mass is 142 g/mol. The van der Waals surface area contributed by atoms with E-state index in [9.17, 15) is 9.59 Å². The van der Waals surface area contributed by atoms with Crippen molar-refractivity contribution in [3.63, 3.8) is 0 Å². The molecule has 0 spiro atoms. The highest BCUT2D eigenvalue weighted by Crippen LogP contribution is 1.83. The summed E-state index contributed by atoms with van der Waals surface area (Å²) in [7, 11) is 1.43. The Labute approximate surface area is 59.3 Å². The van der Waals surface area contributed by atoms with E-state index in [0.29, 0.717) is 5.57 Å². The minimum Gasteiger partial charge on any atom is -0.341 e. The molecule has 0 rings (SSSR count). The molecule has 0 aliphatic carbocycles. The van der Waals surface area contributed by atoms with Crippen LogP contribution in [-0.4, -0.2) is 19.0 Å². The number of amides is 3. The molecule has 0 saturated heterocycles. The highest BCUT2D eigenvalue weighted by atomic mass is 16.2. The zero-order valence-corrected chi connectivity index (χ0v) is 6.02. The number of hydrogen-bond acceptors (Lipinski definition) is 2. The third kappa shape index (κ3) is 2.86. The summed E-state index contributed by atoms with van der Waals surface area (Å²) < 4.78 is 0. The highest BCUT2D eigenvalue weighted by molar-refractivity contribution is 6.02. The molecule has 4 nitrogen and oxygen atoms in total. The smallest absolute Gasteiger partial charge is 0.321 e. The Hall–Kier alpha value is -1.32. The topological polar surface area (TPSA) is 58.2 Å². The van der Waals surface area contributed by atoms with Crippen LogP contribution >= 0.6 is 0 Å². The summed E-state index contributed by atoms with van der Waals surface area (Å²) in [6.45, 7) is 4.88. The maximum atomic E-state index is 10.6. The van der Waals surface area contributed by atoms with Crippen molar-refractivity contribution in [2.24, 2.45) is 0 Å². The van der Waals surface area contributed by atoms with Crippen LogP contribution in [0.3, 0.4) is 0 Å². The van der Waals surface area contributed by atoms with Gasteiger partial charge in [-0.25, -0.2) is 4.79 Å². The number of hydrogen-bond donors (Lipinski definition) is 2. The highest BCUT2D eigenvalue weighted by Gasteiger charge is 2.04. The number of urea groups is 1. The molecule has 0 heterocycles. The van der Waals surface area contributed by atoms with Crippen molar-refractivity contribution in [3.8, 4) is 0 Å². The first-order valence-corrected chi connectivity index (χ1v) is 2.76. The predicted molar refractivity (Wildman–Crippen MR) is 37.4 cm³/mol. The summed E-state index contributed by atoms with van der Waals surface area (Å²) in [6.07, 6.45) is 0. The van der Waals surface area contributed by atoms with Gasteiger partial charge in [0.05, 0.1) is 0 Å². The van der Waals surface area contributed by atoms with Crippen molar-refractivity contribution in [3.05, 3.63) is 12.2 Å². The van der Waals surface area contributed by atoms with Gasteiger partial charge in [-0.1, -0.05) is 6.58 Å². The molecule has 0 aliphatic rings. The Morgan fingerprint density at radius 3 is 2.20 bits per heavy atom. The fourth-order valence-corrected chi connectivity index (χ4v) is 0.272. The molecule has 0 aliphatic heterocycles. The molecule has 2 N–H and O–H groups in total. The van der Waals surface area contributed by atoms with Crippen molar-refractivity contribution in [1.82, 2.24) is 10.6 Å². The van der Waals surface area contributed by atoms with Gasteiger partial charge in [-0.3, -0.25) is 10.1 Å². The maximum Gasteiger partial charge on any atom is 0.321 e. The Morgan fingerprint density at radius 1 is 1.40 bits per heavy atom. The zero-order valence-electron chi connectivity index (χ0n) is 6.02. The van der Waals surface area contributed by atoms with Crippen LogP contribution in [0.4, 0.5) is 4.79 Å². The van der Waals surface area contributed by atoms with E-state index in [0.717, 1.165) is 0 Å². The van der Waals surface area contributed by atoms with Crippen LogP contribution in [0.15, 0.2) is 12.2 Å². The van der Waals surface area contributed by atoms with E-state index in [1.54, 1.807) is 0 Å². The summed E-state index contributed by atoms with van der Waals surface area (Å²) >= 11 is 0. The fraction of sp³-hybridized carbons (Fsp3) is 0.333. The van der Waals surface area contributed by atoms with Crippen LogP contribution in [0.5, 0.6) is 0 Å². The van der Waals surface area contributed by atoms with Gasteiger partial charge in [0.15, 0.2) is 0 Å². The average molecular weight is 142 g/mol. The van der Waals surface area contributed by atoms with Gasteiger partial charge < -0.3 is 5.32 Å². The van der Waals surface area contributed by atoms with E-state index in [1.165, 1.54) is 14.0 Å². The van der Waals surface area contributed by atoms with E-state index in [-0.39, 0.29) is 0 Å². The quantitative estimate of drug-likeness (QED) is 0.507. The lowest BCUT2D eigenvalue weighted by atomic mass is 10.3. The Balaban J connectivity index is 3.80. The molecule has 0 aromatic heterocycles. The summed E-state index contributed by atoms with van der Waals surface area (Å²) in [5.41, 5.74) is 0.309. The van der Waals surface area contributed by atoms with Gasteiger partial charge in [0, 0.05) is 12.6 Å². The van der Waals surface area contributed by atoms with Crippen LogP contribution in [0.1, 0.15) is 6.92 Å². The molecule has 0 aromatic rings. The number of imide groups is 1. The largest absolute Gasteiger partial charge is 0.341 e. The van der Waals surface area contributed by atoms with Crippen LogP contribution in [0.2, 0.25) is 0 Å². The fourth-order valence-electron chi connectivity index (χ4n) is 0.272. The van der Waals surface area contributed by atoms with Crippen LogP contribution in [0, 0.1) is 0 Å². The second-order valence-electron chi connectivity index (χ2n) is 1.81. The summed E-state index contributed by atoms with van der Waals surface area (Å²) in [4.78, 5) is 21.1. The van der Waals surface area contributed by atoms with Crippen molar-refractivity contribution >= 4 is 11.9 Å². The summed E-state index contributed by atoms with van der Waals surface area (Å²) in [5.74, 6) is -0.459. The summed E-state index contributed by atoms with van der Waals surface area (Å²) in [6, 6.07) is -0.520. The van der Waals surface area contributed by atoms with Gasteiger partial charge in [-0.2, -0.15) is 0 Å². The number of carbonyl (C=O) groups is 2. The summed E-state index contributed by atoms with van der Waals surface area (Å²) in [5, 5.41) is 4.28. The van der Waals surface area contributed by atoms with Crippen LogP contribution in [0.25, 0.3) is 0 Å². The first-order chi connectivity index (χ1) is 4.57. The predicted octanol–water partition coefficient (Wildman–Crippen LogP) is 0.0181. The third-order valence-electron chi connectivity index (χ3n) is 0.842. The van der Waals surface area contributed by atoms with Gasteiger partial charge in [0.25, 0.3) is 5.91 Å². The second-order valence-corrected chi connectivity index (χ2v) is 1.81. The van der Waals surface area contributed by atoms with Gasteiger partial charge in [-0.05, 0) is 6.92 Å². The Morgan fingerprint density at radius 2 is 1.90 bits per heavy atom. The van der Waals surface area contributed by atoms with Crippen molar-refractivity contribution in [2.75, 3.05) is 7.05 Å². The van der Waals surface area contributed by atoms with E-state index in [1.807, 2.05) is 5.32 Å². The maximum absolute atomic E-state index is 10.6. The number of nitrogens with one attached hydrogen (secondary N) is 2. The van der Waals surface area contributed by atoms with E-state index in [2.05, 4.69) is 11.9 Å². The lowest BCUT2D eigenvalue weighted by molar-refractivity contribution is -0.116. The molecule has 10 heavy (non-hydrogen) atoms. The normalized spacial score (nSPS) is 8.20. The second kappa shape index (κ2) is 3.66. The molecule has 56 valence electrons. The van der Waals surface area contributed by atoms with Crippen molar-refractivity contribution in [2.45, 2.75) is 6.92 Å². The molecule has 0 atom stereocenters. The molecule has 0 fully saturated rings. The minimum atomic E-state index is -0.520. The molecule has 3 amide bonds. The van der Waals surface area contributed by atoms with Crippen LogP contribution in [-0.2, 0) is 4.79 Å². The van der Waals surface area contributed by atoms with Gasteiger partial charge in [-0.15, -0.1) is 0 Å². The molecule has 0 bridgehead atoms. The van der Waals surface area contributed by atoms with Gasteiger partial charge in [0.2, 0.25) is 0 Å². The van der Waals surface area contributed by atoms with E-state index in [4.69, 9.17) is 0 Å². The first kappa shape index (κ1) is 8.68. The van der Waals surface area contributed by atoms with Gasteiger partial charge >= 0.3 is 6.03 Å². The lowest BCUT2D eigenvalue weighted by Gasteiger charge is -2.00. The molecule has 4 heteroatoms. The number of carbonyl (C=O) groups excluding carboxylic acids is 2. The standard InChI is InChI=1S/C6H10N2O2/c1-4(2)5(9)8-6(10)7-3/h1H2,2-3H3,(H2,7,8,9,10). The Kier molecular flexibility index (Phi) is 3.17. The molecular weight excluding hydrogens is 132 g/mol. The number of rotatable bonds is 1. The van der Waals surface area contributed by atoms with Crippen molar-refractivity contribution < 1.29 is 9.59 Å². The van der Waals surface area contributed by atoms with E-state index >= 15 is 0 Å². The lowest BCUT2D eigenvalue weighted by Crippen LogP contribution is -2.37. The van der Waals surface area contributed by atoms with Gasteiger partial charge in [0.1, 0.15) is 0 Å².